The quantitative estimate of drug-likeness (QED) is 0.0898. The molecule has 3 aliphatic rings. The van der Waals surface area contributed by atoms with Crippen LogP contribution in [0.2, 0.25) is 0 Å². The van der Waals surface area contributed by atoms with Crippen LogP contribution in [0.25, 0.3) is 5.65 Å². The minimum absolute atomic E-state index is 0.000925. The average Bonchev–Trinajstić information content (AvgIpc) is 3.45. The molecule has 35 heavy (non-hydrogen) atoms. The third kappa shape index (κ3) is 4.50. The lowest BCUT2D eigenvalue weighted by Crippen LogP contribution is -2.53. The number of amides is 2. The Balaban J connectivity index is 1.30. The van der Waals surface area contributed by atoms with Gasteiger partial charge in [0.25, 0.3) is 5.91 Å². The van der Waals surface area contributed by atoms with Crippen LogP contribution in [0.1, 0.15) is 6.42 Å². The van der Waals surface area contributed by atoms with Gasteiger partial charge in [0.1, 0.15) is 11.9 Å². The lowest BCUT2D eigenvalue weighted by Gasteiger charge is -2.42. The number of nitrogens with one attached hydrogen (secondary N) is 3. The summed E-state index contributed by atoms with van der Waals surface area (Å²) in [6.07, 6.45) is 6.96. The lowest BCUT2D eigenvalue weighted by atomic mass is 10.1. The first-order valence-corrected chi connectivity index (χ1v) is 12.1. The SMILES string of the molecule is CONC(C(=O)Nc1cnn2cc[n+](COC(=O)C3=CCS[C@@H]4CC(=O)N34)c2c1)=C1N=C(N)SN1. The van der Waals surface area contributed by atoms with E-state index in [-0.39, 0.29) is 40.4 Å². The molecule has 5 rings (SSSR count). The molecule has 16 heteroatoms. The zero-order valence-corrected chi connectivity index (χ0v) is 19.9. The van der Waals surface area contributed by atoms with E-state index in [0.717, 1.165) is 11.9 Å². The zero-order chi connectivity index (χ0) is 24.5. The predicted molar refractivity (Wildman–Crippen MR) is 125 cm³/mol. The number of fused-ring (bicyclic) bond motifs is 2. The number of amidine groups is 1. The number of imidazole rings is 1. The summed E-state index contributed by atoms with van der Waals surface area (Å²) in [4.78, 5) is 47.7. The van der Waals surface area contributed by atoms with E-state index < -0.39 is 11.9 Å². The number of carbonyl (C=O) groups excluding carboxylic acids is 3. The van der Waals surface area contributed by atoms with Crippen molar-refractivity contribution in [2.45, 2.75) is 18.5 Å². The Morgan fingerprint density at radius 2 is 2.29 bits per heavy atom. The van der Waals surface area contributed by atoms with E-state index in [0.29, 0.717) is 23.5 Å². The van der Waals surface area contributed by atoms with Gasteiger partial charge in [0, 0.05) is 17.7 Å². The Hall–Kier alpha value is -3.76. The first kappa shape index (κ1) is 23.0. The molecule has 0 unspecified atom stereocenters. The molecule has 0 radical (unpaired) electrons. The molecule has 2 amide bonds. The molecule has 0 saturated carbocycles. The molecule has 3 aliphatic heterocycles. The summed E-state index contributed by atoms with van der Waals surface area (Å²) in [5.74, 6) is -0.342. The molecule has 0 bridgehead atoms. The van der Waals surface area contributed by atoms with Crippen molar-refractivity contribution >= 4 is 58.0 Å². The van der Waals surface area contributed by atoms with Gasteiger partial charge in [-0.2, -0.15) is 4.57 Å². The fourth-order valence-electron chi connectivity index (χ4n) is 3.54. The number of hydrogen-bond donors (Lipinski definition) is 4. The number of β-lactam (4-membered cyclic amide) rings is 1. The van der Waals surface area contributed by atoms with Crippen LogP contribution in [0.5, 0.6) is 0 Å². The van der Waals surface area contributed by atoms with Crippen molar-refractivity contribution < 1.29 is 28.5 Å². The summed E-state index contributed by atoms with van der Waals surface area (Å²) in [5, 5.41) is 7.24. The van der Waals surface area contributed by atoms with E-state index in [4.69, 9.17) is 15.3 Å². The number of carbonyl (C=O) groups is 3. The number of ether oxygens (including phenoxy) is 1. The second kappa shape index (κ2) is 9.47. The highest BCUT2D eigenvalue weighted by Crippen LogP contribution is 2.37. The van der Waals surface area contributed by atoms with Crippen molar-refractivity contribution in [3.8, 4) is 0 Å². The van der Waals surface area contributed by atoms with E-state index in [9.17, 15) is 14.4 Å². The highest BCUT2D eigenvalue weighted by Gasteiger charge is 2.43. The fraction of sp³-hybridized carbons (Fsp3) is 0.263. The van der Waals surface area contributed by atoms with Crippen molar-refractivity contribution in [1.82, 2.24) is 24.7 Å². The number of anilines is 1. The van der Waals surface area contributed by atoms with Crippen LogP contribution >= 0.6 is 23.7 Å². The molecule has 0 aromatic carbocycles. The summed E-state index contributed by atoms with van der Waals surface area (Å²) >= 11 is 2.68. The normalized spacial score (nSPS) is 20.3. The summed E-state index contributed by atoms with van der Waals surface area (Å²) in [5.41, 5.74) is 9.35. The Bertz CT molecular complexity index is 1320. The Morgan fingerprint density at radius 3 is 3.03 bits per heavy atom. The summed E-state index contributed by atoms with van der Waals surface area (Å²) < 4.78 is 11.5. The van der Waals surface area contributed by atoms with Crippen LogP contribution in [-0.2, 0) is 30.7 Å². The van der Waals surface area contributed by atoms with E-state index >= 15 is 0 Å². The second-order valence-electron chi connectivity index (χ2n) is 7.36. The topological polar surface area (TPSA) is 169 Å². The summed E-state index contributed by atoms with van der Waals surface area (Å²) in [6, 6.07) is 1.66. The van der Waals surface area contributed by atoms with Gasteiger partial charge in [-0.3, -0.25) is 24.8 Å². The number of aromatic nitrogens is 3. The number of esters is 1. The van der Waals surface area contributed by atoms with Gasteiger partial charge in [0.05, 0.1) is 36.9 Å². The first-order chi connectivity index (χ1) is 16.9. The van der Waals surface area contributed by atoms with Gasteiger partial charge in [0.15, 0.2) is 22.9 Å². The average molecular weight is 519 g/mol. The minimum Gasteiger partial charge on any atom is -0.420 e. The van der Waals surface area contributed by atoms with Crippen molar-refractivity contribution in [3.63, 3.8) is 0 Å². The highest BCUT2D eigenvalue weighted by atomic mass is 32.2. The summed E-state index contributed by atoms with van der Waals surface area (Å²) in [7, 11) is 1.36. The summed E-state index contributed by atoms with van der Waals surface area (Å²) in [6.45, 7) is -0.110. The molecule has 0 aliphatic carbocycles. The Morgan fingerprint density at radius 1 is 1.43 bits per heavy atom. The maximum atomic E-state index is 12.8. The van der Waals surface area contributed by atoms with Gasteiger partial charge in [-0.05, 0) is 6.08 Å². The molecule has 1 saturated heterocycles. The van der Waals surface area contributed by atoms with Crippen LogP contribution in [0.4, 0.5) is 5.69 Å². The molecule has 14 nitrogen and oxygen atoms in total. The molecular weight excluding hydrogens is 498 g/mol. The number of hydroxylamine groups is 1. The molecule has 5 heterocycles. The van der Waals surface area contributed by atoms with E-state index in [1.54, 1.807) is 45.4 Å². The van der Waals surface area contributed by atoms with Crippen LogP contribution in [0, 0.1) is 0 Å². The number of hydrogen-bond acceptors (Lipinski definition) is 12. The number of thioether (sulfide) groups is 1. The number of rotatable bonds is 7. The monoisotopic (exact) mass is 518 g/mol. The molecule has 5 N–H and O–H groups in total. The second-order valence-corrected chi connectivity index (χ2v) is 9.40. The van der Waals surface area contributed by atoms with Gasteiger partial charge in [-0.1, -0.05) is 5.10 Å². The van der Waals surface area contributed by atoms with Crippen LogP contribution in [0.15, 0.2) is 52.9 Å². The molecular formula is C19H20N9O5S2+. The first-order valence-electron chi connectivity index (χ1n) is 10.2. The Kier molecular flexibility index (Phi) is 6.23. The predicted octanol–water partition coefficient (Wildman–Crippen LogP) is -0.864. The van der Waals surface area contributed by atoms with Gasteiger partial charge in [-0.15, -0.1) is 16.3 Å². The van der Waals surface area contributed by atoms with Crippen LogP contribution < -0.4 is 25.8 Å². The van der Waals surface area contributed by atoms with Crippen LogP contribution in [0.3, 0.4) is 0 Å². The standard InChI is InChI=1S/C19H19N9O5S2/c1-32-24-15(16-23-19(20)35-25-16)17(30)22-10-6-12-26(3-4-27(12)21-8-10)9-33-18(31)11-2-5-34-14-7-13(29)28(11)14/h2-4,6,8,14H,5,7,9H2,1H3,(H4,20,21,22,23,24,25,30)/p+1/t14-/m1/s1. The van der Waals surface area contributed by atoms with E-state index in [1.165, 1.54) is 18.2 Å². The lowest BCUT2D eigenvalue weighted by molar-refractivity contribution is -0.703. The molecule has 1 atom stereocenters. The van der Waals surface area contributed by atoms with Crippen molar-refractivity contribution in [3.05, 3.63) is 47.9 Å². The zero-order valence-electron chi connectivity index (χ0n) is 18.3. The van der Waals surface area contributed by atoms with Gasteiger partial charge in [0.2, 0.25) is 12.6 Å². The largest absolute Gasteiger partial charge is 0.420 e. The maximum Gasteiger partial charge on any atom is 0.357 e. The van der Waals surface area contributed by atoms with E-state index in [1.807, 2.05) is 0 Å². The third-order valence-electron chi connectivity index (χ3n) is 5.20. The van der Waals surface area contributed by atoms with Gasteiger partial charge in [-0.25, -0.2) is 9.79 Å². The maximum absolute atomic E-state index is 12.8. The van der Waals surface area contributed by atoms with Crippen molar-refractivity contribution in [2.24, 2.45) is 10.7 Å². The van der Waals surface area contributed by atoms with E-state index in [2.05, 4.69) is 25.6 Å². The van der Waals surface area contributed by atoms with Crippen molar-refractivity contribution in [2.75, 3.05) is 18.2 Å². The number of nitrogens with two attached hydrogens (primary N) is 1. The smallest absolute Gasteiger partial charge is 0.357 e. The van der Waals surface area contributed by atoms with Crippen LogP contribution in [-0.4, -0.2) is 55.7 Å². The molecule has 182 valence electrons. The highest BCUT2D eigenvalue weighted by molar-refractivity contribution is 8.12. The van der Waals surface area contributed by atoms with Gasteiger partial charge < -0.3 is 20.5 Å². The third-order valence-corrected chi connectivity index (χ3v) is 6.91. The molecule has 0 spiro atoms. The van der Waals surface area contributed by atoms with Crippen molar-refractivity contribution in [1.29, 1.82) is 0 Å². The number of aliphatic imine (C=N–C) groups is 1. The number of nitrogens with zero attached hydrogens (tertiary/aromatic N) is 5. The molecule has 2 aromatic rings. The molecule has 1 fully saturated rings. The Labute approximate surface area is 206 Å². The minimum atomic E-state index is -0.573. The van der Waals surface area contributed by atoms with Gasteiger partial charge >= 0.3 is 11.6 Å². The fourth-order valence-corrected chi connectivity index (χ4v) is 5.15. The molecule has 2 aromatic heterocycles.